The lowest BCUT2D eigenvalue weighted by Gasteiger charge is -2.39. The summed E-state index contributed by atoms with van der Waals surface area (Å²) in [6, 6.07) is 7.58. The maximum absolute atomic E-state index is 12.4. The Morgan fingerprint density at radius 3 is 2.46 bits per heavy atom. The van der Waals surface area contributed by atoms with Gasteiger partial charge in [-0.15, -0.1) is 0 Å². The maximum Gasteiger partial charge on any atom is 0.241 e. The van der Waals surface area contributed by atoms with Crippen molar-refractivity contribution in [1.82, 2.24) is 9.62 Å². The van der Waals surface area contributed by atoms with E-state index < -0.39 is 10.0 Å². The SMILES string of the molecule is O=S(=O)(NCC1CCN(C2CCOCC2)CC1)c1ccccc1Br. The van der Waals surface area contributed by atoms with Gasteiger partial charge in [-0.2, -0.15) is 0 Å². The van der Waals surface area contributed by atoms with Gasteiger partial charge in [0.15, 0.2) is 0 Å². The monoisotopic (exact) mass is 416 g/mol. The van der Waals surface area contributed by atoms with E-state index in [1.807, 2.05) is 6.07 Å². The van der Waals surface area contributed by atoms with E-state index in [4.69, 9.17) is 4.74 Å². The molecule has 2 heterocycles. The number of benzene rings is 1. The number of ether oxygens (including phenoxy) is 1. The Hall–Kier alpha value is -0.470. The van der Waals surface area contributed by atoms with Crippen LogP contribution < -0.4 is 4.72 Å². The second-order valence-electron chi connectivity index (χ2n) is 6.61. The highest BCUT2D eigenvalue weighted by Gasteiger charge is 2.27. The van der Waals surface area contributed by atoms with Crippen molar-refractivity contribution < 1.29 is 13.2 Å². The topological polar surface area (TPSA) is 58.6 Å². The van der Waals surface area contributed by atoms with Gasteiger partial charge in [-0.05, 0) is 72.8 Å². The van der Waals surface area contributed by atoms with Gasteiger partial charge in [-0.25, -0.2) is 13.1 Å². The Labute approximate surface area is 152 Å². The first kappa shape index (κ1) is 18.3. The maximum atomic E-state index is 12.4. The second kappa shape index (κ2) is 8.27. The highest BCUT2D eigenvalue weighted by Crippen LogP contribution is 2.24. The molecule has 1 aromatic carbocycles. The molecule has 0 atom stereocenters. The van der Waals surface area contributed by atoms with Gasteiger partial charge in [0.2, 0.25) is 10.0 Å². The van der Waals surface area contributed by atoms with Crippen LogP contribution in [0.25, 0.3) is 0 Å². The largest absolute Gasteiger partial charge is 0.381 e. The number of piperidine rings is 1. The molecule has 134 valence electrons. The molecular formula is C17H25BrN2O3S. The summed E-state index contributed by atoms with van der Waals surface area (Å²) in [5, 5.41) is 0. The molecule has 0 bridgehead atoms. The molecular weight excluding hydrogens is 392 g/mol. The molecule has 2 fully saturated rings. The Kier molecular flexibility index (Phi) is 6.32. The van der Waals surface area contributed by atoms with Crippen LogP contribution in [0, 0.1) is 5.92 Å². The van der Waals surface area contributed by atoms with Crippen molar-refractivity contribution in [3.05, 3.63) is 28.7 Å². The Morgan fingerprint density at radius 2 is 1.79 bits per heavy atom. The Morgan fingerprint density at radius 1 is 1.12 bits per heavy atom. The lowest BCUT2D eigenvalue weighted by atomic mass is 9.94. The normalized spacial score (nSPS) is 21.9. The fourth-order valence-electron chi connectivity index (χ4n) is 3.54. The summed E-state index contributed by atoms with van der Waals surface area (Å²) in [4.78, 5) is 2.87. The molecule has 0 aliphatic carbocycles. The standard InChI is InChI=1S/C17H25BrN2O3S/c18-16-3-1-2-4-17(16)24(21,22)19-13-14-5-9-20(10-6-14)15-7-11-23-12-8-15/h1-4,14-15,19H,5-13H2. The molecule has 0 aromatic heterocycles. The van der Waals surface area contributed by atoms with Gasteiger partial charge >= 0.3 is 0 Å². The summed E-state index contributed by atoms with van der Waals surface area (Å²) < 4.78 is 33.7. The molecule has 3 rings (SSSR count). The van der Waals surface area contributed by atoms with E-state index in [-0.39, 0.29) is 0 Å². The van der Waals surface area contributed by atoms with Crippen LogP contribution in [0.3, 0.4) is 0 Å². The van der Waals surface area contributed by atoms with Crippen molar-refractivity contribution >= 4 is 26.0 Å². The zero-order valence-electron chi connectivity index (χ0n) is 13.8. The van der Waals surface area contributed by atoms with E-state index in [1.165, 1.54) is 0 Å². The number of hydrogen-bond donors (Lipinski definition) is 1. The Bertz CT molecular complexity index is 639. The predicted molar refractivity (Wildman–Crippen MR) is 97.5 cm³/mol. The van der Waals surface area contributed by atoms with Crippen molar-refractivity contribution in [2.75, 3.05) is 32.8 Å². The number of nitrogens with zero attached hydrogens (tertiary/aromatic N) is 1. The van der Waals surface area contributed by atoms with Crippen LogP contribution in [0.2, 0.25) is 0 Å². The number of hydrogen-bond acceptors (Lipinski definition) is 4. The molecule has 5 nitrogen and oxygen atoms in total. The predicted octanol–water partition coefficient (Wildman–Crippen LogP) is 2.62. The third-order valence-corrected chi connectivity index (χ3v) is 7.48. The molecule has 7 heteroatoms. The average Bonchev–Trinajstić information content (AvgIpc) is 2.61. The Balaban J connectivity index is 1.49. The van der Waals surface area contributed by atoms with E-state index in [1.54, 1.807) is 18.2 Å². The van der Waals surface area contributed by atoms with Crippen LogP contribution in [0.15, 0.2) is 33.6 Å². The van der Waals surface area contributed by atoms with Gasteiger partial charge in [0.1, 0.15) is 0 Å². The van der Waals surface area contributed by atoms with E-state index in [0.717, 1.165) is 52.0 Å². The van der Waals surface area contributed by atoms with Crippen LogP contribution in [0.4, 0.5) is 0 Å². The van der Waals surface area contributed by atoms with Crippen LogP contribution in [-0.2, 0) is 14.8 Å². The van der Waals surface area contributed by atoms with E-state index in [0.29, 0.717) is 27.9 Å². The van der Waals surface area contributed by atoms with Crippen molar-refractivity contribution in [2.45, 2.75) is 36.6 Å². The summed E-state index contributed by atoms with van der Waals surface area (Å²) >= 11 is 3.31. The number of nitrogens with one attached hydrogen (secondary N) is 1. The zero-order valence-corrected chi connectivity index (χ0v) is 16.2. The van der Waals surface area contributed by atoms with Gasteiger partial charge in [0, 0.05) is 30.3 Å². The van der Waals surface area contributed by atoms with Gasteiger partial charge in [-0.3, -0.25) is 0 Å². The van der Waals surface area contributed by atoms with E-state index >= 15 is 0 Å². The molecule has 0 spiro atoms. The summed E-state index contributed by atoms with van der Waals surface area (Å²) in [7, 11) is -3.45. The number of likely N-dealkylation sites (tertiary alicyclic amines) is 1. The second-order valence-corrected chi connectivity index (χ2v) is 9.19. The summed E-state index contributed by atoms with van der Waals surface area (Å²) in [5.74, 6) is 0.415. The van der Waals surface area contributed by atoms with Gasteiger partial charge in [-0.1, -0.05) is 12.1 Å². The van der Waals surface area contributed by atoms with Gasteiger partial charge in [0.05, 0.1) is 4.90 Å². The zero-order chi connectivity index (χ0) is 17.0. The van der Waals surface area contributed by atoms with Crippen LogP contribution >= 0.6 is 15.9 Å². The summed E-state index contributed by atoms with van der Waals surface area (Å²) in [6.07, 6.45) is 4.35. The van der Waals surface area contributed by atoms with Crippen molar-refractivity contribution in [3.8, 4) is 0 Å². The quantitative estimate of drug-likeness (QED) is 0.801. The minimum Gasteiger partial charge on any atom is -0.381 e. The van der Waals surface area contributed by atoms with Crippen LogP contribution in [0.5, 0.6) is 0 Å². The lowest BCUT2D eigenvalue weighted by Crippen LogP contribution is -2.45. The fourth-order valence-corrected chi connectivity index (χ4v) is 5.66. The summed E-state index contributed by atoms with van der Waals surface area (Å²) in [6.45, 7) is 4.39. The smallest absolute Gasteiger partial charge is 0.241 e. The third kappa shape index (κ3) is 4.58. The fraction of sp³-hybridized carbons (Fsp3) is 0.647. The van der Waals surface area contributed by atoms with E-state index in [2.05, 4.69) is 25.6 Å². The number of rotatable bonds is 5. The van der Waals surface area contributed by atoms with Crippen molar-refractivity contribution in [3.63, 3.8) is 0 Å². The first-order valence-corrected chi connectivity index (χ1v) is 10.9. The van der Waals surface area contributed by atoms with Crippen LogP contribution in [0.1, 0.15) is 25.7 Å². The molecule has 0 saturated carbocycles. The third-order valence-electron chi connectivity index (χ3n) is 5.04. The molecule has 0 radical (unpaired) electrons. The molecule has 2 saturated heterocycles. The molecule has 1 N–H and O–H groups in total. The number of sulfonamides is 1. The van der Waals surface area contributed by atoms with Gasteiger partial charge in [0.25, 0.3) is 0 Å². The lowest BCUT2D eigenvalue weighted by molar-refractivity contribution is 0.0214. The average molecular weight is 417 g/mol. The van der Waals surface area contributed by atoms with Crippen LogP contribution in [-0.4, -0.2) is 52.2 Å². The van der Waals surface area contributed by atoms with Crippen molar-refractivity contribution in [2.24, 2.45) is 5.92 Å². The molecule has 0 amide bonds. The van der Waals surface area contributed by atoms with Gasteiger partial charge < -0.3 is 9.64 Å². The first-order valence-electron chi connectivity index (χ1n) is 8.62. The first-order chi connectivity index (χ1) is 11.6. The minimum absolute atomic E-state index is 0.310. The molecule has 2 aliphatic heterocycles. The molecule has 24 heavy (non-hydrogen) atoms. The molecule has 2 aliphatic rings. The summed E-state index contributed by atoms with van der Waals surface area (Å²) in [5.41, 5.74) is 0. The molecule has 0 unspecified atom stereocenters. The number of halogens is 1. The van der Waals surface area contributed by atoms with Crippen molar-refractivity contribution in [1.29, 1.82) is 0 Å². The highest BCUT2D eigenvalue weighted by atomic mass is 79.9. The minimum atomic E-state index is -3.45. The highest BCUT2D eigenvalue weighted by molar-refractivity contribution is 9.10. The van der Waals surface area contributed by atoms with E-state index in [9.17, 15) is 8.42 Å². The molecule has 1 aromatic rings.